The standard InChI is InChI=1S/C14H20FNO3SSi/c1-10-12(9-16)8-14(19-20(15,17)18)11(2)13(10)6-7-21(3,4)5/h8H,9,16H2,1-5H3. The number of halogens is 1. The summed E-state index contributed by atoms with van der Waals surface area (Å²) in [5.41, 5.74) is 11.6. The fraction of sp³-hybridized carbons (Fsp3) is 0.429. The average molecular weight is 329 g/mol. The van der Waals surface area contributed by atoms with Crippen molar-refractivity contribution in [1.82, 2.24) is 0 Å². The molecule has 116 valence electrons. The third-order valence-corrected chi connectivity index (χ3v) is 4.13. The summed E-state index contributed by atoms with van der Waals surface area (Å²) in [6.45, 7) is 10.00. The third kappa shape index (κ3) is 5.15. The van der Waals surface area contributed by atoms with Gasteiger partial charge >= 0.3 is 10.5 Å². The molecule has 21 heavy (non-hydrogen) atoms. The summed E-state index contributed by atoms with van der Waals surface area (Å²) in [6.07, 6.45) is 0. The van der Waals surface area contributed by atoms with E-state index in [1.807, 2.05) is 6.92 Å². The topological polar surface area (TPSA) is 69.4 Å². The van der Waals surface area contributed by atoms with Crippen LogP contribution in [0.2, 0.25) is 19.6 Å². The van der Waals surface area contributed by atoms with Crippen LogP contribution in [-0.4, -0.2) is 16.5 Å². The molecule has 0 radical (unpaired) electrons. The van der Waals surface area contributed by atoms with Gasteiger partial charge in [-0.25, -0.2) is 0 Å². The van der Waals surface area contributed by atoms with Crippen molar-refractivity contribution in [3.05, 3.63) is 28.3 Å². The van der Waals surface area contributed by atoms with Crippen molar-refractivity contribution in [2.75, 3.05) is 0 Å². The van der Waals surface area contributed by atoms with E-state index in [1.54, 1.807) is 6.92 Å². The minimum absolute atomic E-state index is 0.0663. The van der Waals surface area contributed by atoms with E-state index in [0.717, 1.165) is 5.56 Å². The lowest BCUT2D eigenvalue weighted by molar-refractivity contribution is 0.438. The molecule has 0 amide bonds. The van der Waals surface area contributed by atoms with Crippen LogP contribution in [0.1, 0.15) is 22.3 Å². The van der Waals surface area contributed by atoms with E-state index in [1.165, 1.54) is 6.07 Å². The molecule has 4 nitrogen and oxygen atoms in total. The normalized spacial score (nSPS) is 11.8. The van der Waals surface area contributed by atoms with Gasteiger partial charge in [-0.05, 0) is 31.0 Å². The summed E-state index contributed by atoms with van der Waals surface area (Å²) < 4.78 is 38.6. The van der Waals surface area contributed by atoms with Gasteiger partial charge in [0.15, 0.2) is 0 Å². The van der Waals surface area contributed by atoms with Gasteiger partial charge in [-0.1, -0.05) is 29.4 Å². The van der Waals surface area contributed by atoms with E-state index in [9.17, 15) is 12.3 Å². The Labute approximate surface area is 126 Å². The smallest absolute Gasteiger partial charge is 0.358 e. The highest BCUT2D eigenvalue weighted by Crippen LogP contribution is 2.29. The summed E-state index contributed by atoms with van der Waals surface area (Å²) in [7, 11) is -6.68. The largest absolute Gasteiger partial charge is 0.488 e. The molecule has 0 aliphatic rings. The van der Waals surface area contributed by atoms with Crippen LogP contribution in [0.25, 0.3) is 0 Å². The van der Waals surface area contributed by atoms with Gasteiger partial charge in [-0.3, -0.25) is 0 Å². The molecule has 0 aromatic heterocycles. The fourth-order valence-electron chi connectivity index (χ4n) is 1.78. The second-order valence-electron chi connectivity index (χ2n) is 5.84. The van der Waals surface area contributed by atoms with Crippen molar-refractivity contribution >= 4 is 18.6 Å². The molecule has 0 aliphatic heterocycles. The molecule has 0 saturated heterocycles. The van der Waals surface area contributed by atoms with Crippen molar-refractivity contribution in [1.29, 1.82) is 0 Å². The summed E-state index contributed by atoms with van der Waals surface area (Å²) in [6, 6.07) is 1.45. The molecule has 1 aromatic carbocycles. The lowest BCUT2D eigenvalue weighted by Crippen LogP contribution is -2.16. The zero-order valence-corrected chi connectivity index (χ0v) is 14.7. The van der Waals surface area contributed by atoms with Crippen LogP contribution in [0.4, 0.5) is 3.89 Å². The van der Waals surface area contributed by atoms with Gasteiger partial charge in [0.25, 0.3) is 0 Å². The molecule has 0 atom stereocenters. The number of benzene rings is 1. The first-order valence-electron chi connectivity index (χ1n) is 6.45. The monoisotopic (exact) mass is 329 g/mol. The van der Waals surface area contributed by atoms with Gasteiger partial charge in [-0.2, -0.15) is 8.42 Å². The van der Waals surface area contributed by atoms with Crippen molar-refractivity contribution in [2.24, 2.45) is 5.73 Å². The number of rotatable bonds is 3. The Hall–Kier alpha value is -1.36. The fourth-order valence-corrected chi connectivity index (χ4v) is 2.67. The minimum Gasteiger partial charge on any atom is -0.358 e. The van der Waals surface area contributed by atoms with Crippen LogP contribution >= 0.6 is 0 Å². The predicted octanol–water partition coefficient (Wildman–Crippen LogP) is 2.58. The van der Waals surface area contributed by atoms with E-state index in [2.05, 4.69) is 35.3 Å². The molecule has 0 spiro atoms. The van der Waals surface area contributed by atoms with Crippen molar-refractivity contribution in [2.45, 2.75) is 40.0 Å². The predicted molar refractivity (Wildman–Crippen MR) is 84.7 cm³/mol. The van der Waals surface area contributed by atoms with Crippen LogP contribution in [0.15, 0.2) is 6.07 Å². The van der Waals surface area contributed by atoms with Crippen LogP contribution in [0, 0.1) is 25.3 Å². The SMILES string of the molecule is Cc1c(CN)cc(OS(=O)(=O)F)c(C)c1C#C[Si](C)(C)C. The lowest BCUT2D eigenvalue weighted by Gasteiger charge is -2.14. The maximum atomic E-state index is 12.8. The molecule has 1 rings (SSSR count). The highest BCUT2D eigenvalue weighted by molar-refractivity contribution is 7.81. The first kappa shape index (κ1) is 17.7. The first-order valence-corrected chi connectivity index (χ1v) is 11.3. The Morgan fingerprint density at radius 2 is 1.86 bits per heavy atom. The number of hydrogen-bond donors (Lipinski definition) is 1. The highest BCUT2D eigenvalue weighted by atomic mass is 32.3. The van der Waals surface area contributed by atoms with Gasteiger partial charge < -0.3 is 9.92 Å². The Morgan fingerprint density at radius 1 is 1.29 bits per heavy atom. The molecule has 0 fully saturated rings. The van der Waals surface area contributed by atoms with Gasteiger partial charge in [-0.15, -0.1) is 5.54 Å². The minimum atomic E-state index is -5.08. The maximum absolute atomic E-state index is 12.8. The van der Waals surface area contributed by atoms with Gasteiger partial charge in [0, 0.05) is 17.7 Å². The summed E-state index contributed by atoms with van der Waals surface area (Å²) >= 11 is 0. The van der Waals surface area contributed by atoms with Crippen LogP contribution in [0.3, 0.4) is 0 Å². The Balaban J connectivity index is 3.54. The van der Waals surface area contributed by atoms with Gasteiger partial charge in [0.05, 0.1) is 0 Å². The van der Waals surface area contributed by atoms with Crippen LogP contribution < -0.4 is 9.92 Å². The van der Waals surface area contributed by atoms with Crippen LogP contribution in [0.5, 0.6) is 5.75 Å². The molecule has 0 saturated carbocycles. The molecule has 0 unspecified atom stereocenters. The van der Waals surface area contributed by atoms with Gasteiger partial charge in [0.1, 0.15) is 13.8 Å². The summed E-state index contributed by atoms with van der Waals surface area (Å²) in [4.78, 5) is 0. The van der Waals surface area contributed by atoms with E-state index >= 15 is 0 Å². The number of hydrogen-bond acceptors (Lipinski definition) is 4. The number of nitrogens with two attached hydrogens (primary N) is 1. The van der Waals surface area contributed by atoms with E-state index in [-0.39, 0.29) is 12.3 Å². The zero-order chi connectivity index (χ0) is 16.4. The molecule has 7 heteroatoms. The quantitative estimate of drug-likeness (QED) is 0.526. The van der Waals surface area contributed by atoms with E-state index in [4.69, 9.17) is 5.73 Å². The van der Waals surface area contributed by atoms with Gasteiger partial charge in [0.2, 0.25) is 0 Å². The lowest BCUT2D eigenvalue weighted by atomic mass is 9.97. The zero-order valence-electron chi connectivity index (χ0n) is 12.9. The molecule has 2 N–H and O–H groups in total. The van der Waals surface area contributed by atoms with Crippen molar-refractivity contribution in [3.63, 3.8) is 0 Å². The molecule has 1 aromatic rings. The Kier molecular flexibility index (Phi) is 5.20. The summed E-state index contributed by atoms with van der Waals surface area (Å²) in [5.74, 6) is 3.01. The van der Waals surface area contributed by atoms with Crippen molar-refractivity contribution < 1.29 is 16.5 Å². The van der Waals surface area contributed by atoms with E-state index in [0.29, 0.717) is 16.7 Å². The average Bonchev–Trinajstić information content (AvgIpc) is 2.29. The third-order valence-electron chi connectivity index (χ3n) is 2.88. The van der Waals surface area contributed by atoms with Crippen LogP contribution in [-0.2, 0) is 17.0 Å². The maximum Gasteiger partial charge on any atom is 0.488 e. The highest BCUT2D eigenvalue weighted by Gasteiger charge is 2.18. The molecule has 0 bridgehead atoms. The first-order chi connectivity index (χ1) is 9.44. The Morgan fingerprint density at radius 3 is 2.29 bits per heavy atom. The molecule has 0 heterocycles. The van der Waals surface area contributed by atoms with Crippen molar-refractivity contribution in [3.8, 4) is 17.2 Å². The molecular weight excluding hydrogens is 309 g/mol. The second-order valence-corrected chi connectivity index (χ2v) is 11.5. The second kappa shape index (κ2) is 6.18. The summed E-state index contributed by atoms with van der Waals surface area (Å²) in [5, 5.41) is 0. The molecular formula is C14H20FNO3SSi. The molecule has 0 aliphatic carbocycles. The Bertz CT molecular complexity index is 712. The van der Waals surface area contributed by atoms with E-state index < -0.39 is 18.6 Å².